The predicted molar refractivity (Wildman–Crippen MR) is 85.3 cm³/mol. The molecule has 0 bridgehead atoms. The van der Waals surface area contributed by atoms with Gasteiger partial charge in [0.05, 0.1) is 11.3 Å². The standard InChI is InChI=1S/C15H13N5OS/c1-22-15-13(6-3-7-16-15)14(21)19-11-4-2-5-12(8-11)20-9-17-18-10-20/h2-10H,1H3,(H,19,21). The Balaban J connectivity index is 1.84. The number of aromatic nitrogens is 4. The third kappa shape index (κ3) is 2.99. The molecular formula is C15H13N5OS. The topological polar surface area (TPSA) is 72.7 Å². The summed E-state index contributed by atoms with van der Waals surface area (Å²) in [5.41, 5.74) is 2.14. The summed E-state index contributed by atoms with van der Waals surface area (Å²) in [6.45, 7) is 0. The Morgan fingerprint density at radius 1 is 1.18 bits per heavy atom. The molecular weight excluding hydrogens is 298 g/mol. The fraction of sp³-hybridized carbons (Fsp3) is 0.0667. The van der Waals surface area contributed by atoms with Crippen molar-refractivity contribution in [1.29, 1.82) is 0 Å². The third-order valence-corrected chi connectivity index (χ3v) is 3.74. The van der Waals surface area contributed by atoms with Crippen molar-refractivity contribution in [3.05, 3.63) is 60.8 Å². The molecule has 0 atom stereocenters. The molecule has 110 valence electrons. The van der Waals surface area contributed by atoms with Crippen LogP contribution in [-0.4, -0.2) is 31.9 Å². The number of benzene rings is 1. The monoisotopic (exact) mass is 311 g/mol. The molecule has 1 aromatic carbocycles. The molecule has 22 heavy (non-hydrogen) atoms. The van der Waals surface area contributed by atoms with Crippen molar-refractivity contribution in [1.82, 2.24) is 19.7 Å². The van der Waals surface area contributed by atoms with Gasteiger partial charge in [-0.2, -0.15) is 0 Å². The minimum absolute atomic E-state index is 0.182. The molecule has 0 aliphatic rings. The lowest BCUT2D eigenvalue weighted by Crippen LogP contribution is -2.13. The molecule has 0 radical (unpaired) electrons. The summed E-state index contributed by atoms with van der Waals surface area (Å²) < 4.78 is 1.77. The van der Waals surface area contributed by atoms with Crippen molar-refractivity contribution in [3.8, 4) is 5.69 Å². The fourth-order valence-corrected chi connectivity index (χ4v) is 2.55. The van der Waals surface area contributed by atoms with Gasteiger partial charge in [-0.1, -0.05) is 6.07 Å². The Morgan fingerprint density at radius 3 is 2.77 bits per heavy atom. The van der Waals surface area contributed by atoms with E-state index in [0.717, 1.165) is 5.69 Å². The summed E-state index contributed by atoms with van der Waals surface area (Å²) in [5.74, 6) is -0.182. The maximum atomic E-state index is 12.4. The Morgan fingerprint density at radius 2 is 2.00 bits per heavy atom. The van der Waals surface area contributed by atoms with Crippen LogP contribution in [0.5, 0.6) is 0 Å². The molecule has 0 saturated carbocycles. The lowest BCUT2D eigenvalue weighted by Gasteiger charge is -2.09. The zero-order valence-corrected chi connectivity index (χ0v) is 12.6. The van der Waals surface area contributed by atoms with E-state index >= 15 is 0 Å². The quantitative estimate of drug-likeness (QED) is 0.750. The first-order valence-electron chi connectivity index (χ1n) is 6.53. The molecule has 1 N–H and O–H groups in total. The summed E-state index contributed by atoms with van der Waals surface area (Å²) >= 11 is 1.44. The lowest BCUT2D eigenvalue weighted by atomic mass is 10.2. The first-order valence-corrected chi connectivity index (χ1v) is 7.76. The van der Waals surface area contributed by atoms with E-state index in [2.05, 4.69) is 20.5 Å². The average Bonchev–Trinajstić information content (AvgIpc) is 3.09. The van der Waals surface area contributed by atoms with Gasteiger partial charge in [-0.15, -0.1) is 22.0 Å². The molecule has 2 heterocycles. The van der Waals surface area contributed by atoms with E-state index in [4.69, 9.17) is 0 Å². The first-order chi connectivity index (χ1) is 10.8. The molecule has 2 aromatic heterocycles. The molecule has 0 fully saturated rings. The maximum Gasteiger partial charge on any atom is 0.258 e. The molecule has 3 rings (SSSR count). The van der Waals surface area contributed by atoms with Crippen LogP contribution in [0.4, 0.5) is 5.69 Å². The van der Waals surface area contributed by atoms with Crippen LogP contribution < -0.4 is 5.32 Å². The smallest absolute Gasteiger partial charge is 0.258 e. The van der Waals surface area contributed by atoms with E-state index in [1.54, 1.807) is 35.6 Å². The molecule has 0 unspecified atom stereocenters. The van der Waals surface area contributed by atoms with Crippen LogP contribution >= 0.6 is 11.8 Å². The lowest BCUT2D eigenvalue weighted by molar-refractivity contribution is 0.102. The maximum absolute atomic E-state index is 12.4. The molecule has 3 aromatic rings. The highest BCUT2D eigenvalue weighted by Crippen LogP contribution is 2.19. The number of nitrogens with one attached hydrogen (secondary N) is 1. The number of carbonyl (C=O) groups is 1. The molecule has 6 nitrogen and oxygen atoms in total. The number of nitrogens with zero attached hydrogens (tertiary/aromatic N) is 4. The normalized spacial score (nSPS) is 10.4. The van der Waals surface area contributed by atoms with Gasteiger partial charge in [-0.3, -0.25) is 9.36 Å². The minimum Gasteiger partial charge on any atom is -0.322 e. The predicted octanol–water partition coefficient (Wildman–Crippen LogP) is 2.64. The number of amides is 1. The van der Waals surface area contributed by atoms with E-state index in [1.807, 2.05) is 30.5 Å². The van der Waals surface area contributed by atoms with Crippen LogP contribution in [0.25, 0.3) is 5.69 Å². The summed E-state index contributed by atoms with van der Waals surface area (Å²) in [7, 11) is 0. The number of hydrogen-bond acceptors (Lipinski definition) is 5. The molecule has 0 aliphatic carbocycles. The van der Waals surface area contributed by atoms with Gasteiger partial charge in [0.25, 0.3) is 5.91 Å². The number of rotatable bonds is 4. The highest BCUT2D eigenvalue weighted by atomic mass is 32.2. The zero-order valence-electron chi connectivity index (χ0n) is 11.8. The first kappa shape index (κ1) is 14.3. The number of anilines is 1. The average molecular weight is 311 g/mol. The SMILES string of the molecule is CSc1ncccc1C(=O)Nc1cccc(-n2cnnc2)c1. The van der Waals surface area contributed by atoms with Gasteiger partial charge in [0.1, 0.15) is 17.7 Å². The fourth-order valence-electron chi connectivity index (χ4n) is 2.00. The summed E-state index contributed by atoms with van der Waals surface area (Å²) in [5, 5.41) is 11.1. The van der Waals surface area contributed by atoms with E-state index in [-0.39, 0.29) is 5.91 Å². The Kier molecular flexibility index (Phi) is 4.15. The highest BCUT2D eigenvalue weighted by molar-refractivity contribution is 7.98. The summed E-state index contributed by atoms with van der Waals surface area (Å²) in [4.78, 5) is 16.6. The molecule has 7 heteroatoms. The molecule has 1 amide bonds. The number of carbonyl (C=O) groups excluding carboxylic acids is 1. The van der Waals surface area contributed by atoms with Gasteiger partial charge in [0.15, 0.2) is 0 Å². The van der Waals surface area contributed by atoms with Crippen LogP contribution in [0.3, 0.4) is 0 Å². The highest BCUT2D eigenvalue weighted by Gasteiger charge is 2.12. The van der Waals surface area contributed by atoms with E-state index in [1.165, 1.54) is 11.8 Å². The van der Waals surface area contributed by atoms with Gasteiger partial charge >= 0.3 is 0 Å². The Hall–Kier alpha value is -2.67. The van der Waals surface area contributed by atoms with Crippen molar-refractivity contribution in [3.63, 3.8) is 0 Å². The van der Waals surface area contributed by atoms with Crippen molar-refractivity contribution < 1.29 is 4.79 Å². The van der Waals surface area contributed by atoms with Crippen molar-refractivity contribution >= 4 is 23.4 Å². The molecule has 0 spiro atoms. The molecule has 0 saturated heterocycles. The third-order valence-electron chi connectivity index (χ3n) is 3.03. The van der Waals surface area contributed by atoms with Gasteiger partial charge < -0.3 is 5.32 Å². The second-order valence-electron chi connectivity index (χ2n) is 4.43. The summed E-state index contributed by atoms with van der Waals surface area (Å²) in [6.07, 6.45) is 6.78. The van der Waals surface area contributed by atoms with Gasteiger partial charge in [-0.25, -0.2) is 4.98 Å². The van der Waals surface area contributed by atoms with Crippen LogP contribution in [0.15, 0.2) is 60.3 Å². The second-order valence-corrected chi connectivity index (χ2v) is 5.23. The second kappa shape index (κ2) is 6.40. The van der Waals surface area contributed by atoms with Crippen LogP contribution in [-0.2, 0) is 0 Å². The van der Waals surface area contributed by atoms with Gasteiger partial charge in [-0.05, 0) is 36.6 Å². The largest absolute Gasteiger partial charge is 0.322 e. The minimum atomic E-state index is -0.182. The van der Waals surface area contributed by atoms with Crippen LogP contribution in [0.1, 0.15) is 10.4 Å². The van der Waals surface area contributed by atoms with Gasteiger partial charge in [0.2, 0.25) is 0 Å². The van der Waals surface area contributed by atoms with Crippen LogP contribution in [0.2, 0.25) is 0 Å². The number of thioether (sulfide) groups is 1. The zero-order chi connectivity index (χ0) is 15.4. The van der Waals surface area contributed by atoms with E-state index < -0.39 is 0 Å². The Bertz CT molecular complexity index is 788. The Labute approximate surface area is 131 Å². The van der Waals surface area contributed by atoms with E-state index in [9.17, 15) is 4.79 Å². The molecule has 0 aliphatic heterocycles. The van der Waals surface area contributed by atoms with Crippen molar-refractivity contribution in [2.45, 2.75) is 5.03 Å². The summed E-state index contributed by atoms with van der Waals surface area (Å²) in [6, 6.07) is 11.0. The van der Waals surface area contributed by atoms with Crippen molar-refractivity contribution in [2.24, 2.45) is 0 Å². The van der Waals surface area contributed by atoms with Crippen molar-refractivity contribution in [2.75, 3.05) is 11.6 Å². The number of pyridine rings is 1. The number of hydrogen-bond donors (Lipinski definition) is 1. The van der Waals surface area contributed by atoms with Gasteiger partial charge in [0, 0.05) is 11.9 Å². The van der Waals surface area contributed by atoms with E-state index in [0.29, 0.717) is 16.3 Å². The van der Waals surface area contributed by atoms with Crippen LogP contribution in [0, 0.1) is 0 Å².